The molecule has 10 heteroatoms. The van der Waals surface area contributed by atoms with Crippen molar-refractivity contribution in [3.05, 3.63) is 48.9 Å². The largest absolute Gasteiger partial charge is 0.497 e. The lowest BCUT2D eigenvalue weighted by Gasteiger charge is -2.27. The molecule has 1 saturated heterocycles. The van der Waals surface area contributed by atoms with Gasteiger partial charge in [-0.2, -0.15) is 4.98 Å². The number of nitrogens with one attached hydrogen (secondary N) is 1. The molecule has 32 heavy (non-hydrogen) atoms. The van der Waals surface area contributed by atoms with Crippen LogP contribution in [0.5, 0.6) is 5.75 Å². The number of ether oxygens (including phenoxy) is 2. The van der Waals surface area contributed by atoms with E-state index in [4.69, 9.17) is 25.2 Å². The summed E-state index contributed by atoms with van der Waals surface area (Å²) >= 11 is 0. The summed E-state index contributed by atoms with van der Waals surface area (Å²) in [6, 6.07) is 9.66. The van der Waals surface area contributed by atoms with Crippen molar-refractivity contribution < 1.29 is 9.47 Å². The van der Waals surface area contributed by atoms with E-state index < -0.39 is 0 Å². The lowest BCUT2D eigenvalue weighted by molar-refractivity contribution is 0.122. The number of pyridine rings is 1. The third-order valence-corrected chi connectivity index (χ3v) is 5.14. The molecule has 0 spiro atoms. The van der Waals surface area contributed by atoms with Crippen molar-refractivity contribution in [1.82, 2.24) is 24.9 Å². The standard InChI is InChI=1S/C22H22N8O2/c1-31-17-3-2-14-8-16(13-24-18(14)9-17)27-20-10-19(15-11-25-21(23)26-12-15)28-22(29-20)30-4-6-32-7-5-30/h2-3,8-13H,4-7H2,1H3,(H2,23,25,26)(H,27,28,29). The lowest BCUT2D eigenvalue weighted by atomic mass is 10.2. The fourth-order valence-electron chi connectivity index (χ4n) is 3.47. The van der Waals surface area contributed by atoms with Crippen molar-refractivity contribution >= 4 is 34.3 Å². The number of nitrogens with zero attached hydrogens (tertiary/aromatic N) is 6. The number of morpholine rings is 1. The average molecular weight is 430 g/mol. The first-order valence-electron chi connectivity index (χ1n) is 10.2. The average Bonchev–Trinajstić information content (AvgIpc) is 2.84. The first-order chi connectivity index (χ1) is 15.7. The Morgan fingerprint density at radius 1 is 1.00 bits per heavy atom. The van der Waals surface area contributed by atoms with E-state index in [1.165, 1.54) is 0 Å². The van der Waals surface area contributed by atoms with Crippen molar-refractivity contribution in [3.63, 3.8) is 0 Å². The third kappa shape index (κ3) is 4.21. The molecule has 0 radical (unpaired) electrons. The minimum atomic E-state index is 0.216. The van der Waals surface area contributed by atoms with Gasteiger partial charge >= 0.3 is 0 Å². The van der Waals surface area contributed by atoms with Gasteiger partial charge in [0.25, 0.3) is 0 Å². The molecular formula is C22H22N8O2. The zero-order valence-corrected chi connectivity index (χ0v) is 17.5. The number of fused-ring (bicyclic) bond motifs is 1. The van der Waals surface area contributed by atoms with Crippen LogP contribution in [-0.2, 0) is 4.74 Å². The fraction of sp³-hybridized carbons (Fsp3) is 0.227. The molecule has 1 aliphatic rings. The number of rotatable bonds is 5. The van der Waals surface area contributed by atoms with Crippen LogP contribution in [0.15, 0.2) is 48.9 Å². The van der Waals surface area contributed by atoms with Crippen LogP contribution in [0, 0.1) is 0 Å². The van der Waals surface area contributed by atoms with Gasteiger partial charge < -0.3 is 25.4 Å². The molecule has 3 N–H and O–H groups in total. The molecule has 1 aromatic carbocycles. The predicted octanol–water partition coefficient (Wildman–Crippen LogP) is 2.65. The van der Waals surface area contributed by atoms with Crippen LogP contribution < -0.4 is 20.7 Å². The molecule has 0 saturated carbocycles. The third-order valence-electron chi connectivity index (χ3n) is 5.14. The summed E-state index contributed by atoms with van der Waals surface area (Å²) < 4.78 is 10.7. The highest BCUT2D eigenvalue weighted by Gasteiger charge is 2.17. The lowest BCUT2D eigenvalue weighted by Crippen LogP contribution is -2.37. The van der Waals surface area contributed by atoms with E-state index in [0.29, 0.717) is 30.7 Å². The summed E-state index contributed by atoms with van der Waals surface area (Å²) in [7, 11) is 1.64. The van der Waals surface area contributed by atoms with Gasteiger partial charge in [-0.3, -0.25) is 4.98 Å². The maximum Gasteiger partial charge on any atom is 0.228 e. The van der Waals surface area contributed by atoms with Gasteiger partial charge in [-0.1, -0.05) is 0 Å². The van der Waals surface area contributed by atoms with E-state index in [1.807, 2.05) is 30.3 Å². The Hall–Kier alpha value is -4.05. The quantitative estimate of drug-likeness (QED) is 0.488. The predicted molar refractivity (Wildman–Crippen MR) is 122 cm³/mol. The molecule has 0 unspecified atom stereocenters. The zero-order chi connectivity index (χ0) is 21.9. The minimum Gasteiger partial charge on any atom is -0.497 e. The number of anilines is 4. The van der Waals surface area contributed by atoms with Crippen molar-refractivity contribution in [3.8, 4) is 17.0 Å². The number of benzene rings is 1. The van der Waals surface area contributed by atoms with Gasteiger partial charge in [-0.15, -0.1) is 0 Å². The van der Waals surface area contributed by atoms with Gasteiger partial charge in [-0.25, -0.2) is 15.0 Å². The highest BCUT2D eigenvalue weighted by molar-refractivity contribution is 5.83. The summed E-state index contributed by atoms with van der Waals surface area (Å²) in [5.74, 6) is 2.24. The van der Waals surface area contributed by atoms with Gasteiger partial charge in [0.15, 0.2) is 0 Å². The number of aromatic nitrogens is 5. The Morgan fingerprint density at radius 3 is 2.59 bits per heavy atom. The van der Waals surface area contributed by atoms with E-state index in [-0.39, 0.29) is 5.95 Å². The molecule has 162 valence electrons. The highest BCUT2D eigenvalue weighted by atomic mass is 16.5. The Morgan fingerprint density at radius 2 is 1.81 bits per heavy atom. The maximum atomic E-state index is 5.64. The fourth-order valence-corrected chi connectivity index (χ4v) is 3.47. The summed E-state index contributed by atoms with van der Waals surface area (Å²) in [5, 5.41) is 4.35. The van der Waals surface area contributed by atoms with E-state index in [1.54, 1.807) is 25.7 Å². The topological polar surface area (TPSA) is 124 Å². The van der Waals surface area contributed by atoms with Crippen molar-refractivity contribution in [2.75, 3.05) is 49.4 Å². The highest BCUT2D eigenvalue weighted by Crippen LogP contribution is 2.27. The second kappa shape index (κ2) is 8.60. The maximum absolute atomic E-state index is 5.64. The van der Waals surface area contributed by atoms with Gasteiger partial charge in [-0.05, 0) is 18.2 Å². The summed E-state index contributed by atoms with van der Waals surface area (Å²) in [6.07, 6.45) is 5.08. The molecule has 0 bridgehead atoms. The number of nitrogens with two attached hydrogens (primary N) is 1. The van der Waals surface area contributed by atoms with Gasteiger partial charge in [0, 0.05) is 48.6 Å². The first-order valence-corrected chi connectivity index (χ1v) is 10.2. The first kappa shape index (κ1) is 19.9. The molecule has 0 amide bonds. The van der Waals surface area contributed by atoms with Crippen LogP contribution in [0.25, 0.3) is 22.2 Å². The molecule has 3 aromatic heterocycles. The molecule has 5 rings (SSSR count). The molecule has 1 fully saturated rings. The van der Waals surface area contributed by atoms with Crippen molar-refractivity contribution in [1.29, 1.82) is 0 Å². The molecular weight excluding hydrogens is 408 g/mol. The molecule has 1 aliphatic heterocycles. The van der Waals surface area contributed by atoms with Gasteiger partial charge in [0.2, 0.25) is 11.9 Å². The van der Waals surface area contributed by atoms with Crippen LogP contribution >= 0.6 is 0 Å². The van der Waals surface area contributed by atoms with Gasteiger partial charge in [0.05, 0.1) is 43.4 Å². The van der Waals surface area contributed by atoms with E-state index >= 15 is 0 Å². The van der Waals surface area contributed by atoms with Crippen molar-refractivity contribution in [2.45, 2.75) is 0 Å². The second-order valence-electron chi connectivity index (χ2n) is 7.28. The van der Waals surface area contributed by atoms with Crippen LogP contribution in [0.2, 0.25) is 0 Å². The summed E-state index contributed by atoms with van der Waals surface area (Å²) in [6.45, 7) is 2.72. The summed E-state index contributed by atoms with van der Waals surface area (Å²) in [5.41, 5.74) is 8.76. The zero-order valence-electron chi connectivity index (χ0n) is 17.5. The molecule has 0 aliphatic carbocycles. The number of hydrogen-bond donors (Lipinski definition) is 2. The second-order valence-corrected chi connectivity index (χ2v) is 7.28. The van der Waals surface area contributed by atoms with Crippen LogP contribution in [-0.4, -0.2) is 58.3 Å². The molecule has 10 nitrogen and oxygen atoms in total. The molecule has 4 heterocycles. The van der Waals surface area contributed by atoms with Crippen LogP contribution in [0.4, 0.5) is 23.4 Å². The Bertz CT molecular complexity index is 1240. The SMILES string of the molecule is COc1ccc2cc(Nc3cc(-c4cnc(N)nc4)nc(N4CCOCC4)n3)cnc2c1. The molecule has 4 aromatic rings. The van der Waals surface area contributed by atoms with Crippen molar-refractivity contribution in [2.24, 2.45) is 0 Å². The summed E-state index contributed by atoms with van der Waals surface area (Å²) in [4.78, 5) is 24.3. The normalized spacial score (nSPS) is 13.8. The smallest absolute Gasteiger partial charge is 0.228 e. The van der Waals surface area contributed by atoms with E-state index in [2.05, 4.69) is 25.2 Å². The Balaban J connectivity index is 1.51. The number of methoxy groups -OCH3 is 1. The van der Waals surface area contributed by atoms with E-state index in [9.17, 15) is 0 Å². The Labute approximate surface area is 184 Å². The number of nitrogen functional groups attached to an aromatic ring is 1. The van der Waals surface area contributed by atoms with E-state index in [0.717, 1.165) is 41.0 Å². The molecule has 0 atom stereocenters. The monoisotopic (exact) mass is 430 g/mol. The van der Waals surface area contributed by atoms with Crippen LogP contribution in [0.3, 0.4) is 0 Å². The van der Waals surface area contributed by atoms with Gasteiger partial charge in [0.1, 0.15) is 11.6 Å². The minimum absolute atomic E-state index is 0.216. The van der Waals surface area contributed by atoms with Crippen LogP contribution in [0.1, 0.15) is 0 Å². The number of hydrogen-bond acceptors (Lipinski definition) is 10. The Kier molecular flexibility index (Phi) is 5.34.